The Bertz CT molecular complexity index is 427. The van der Waals surface area contributed by atoms with Crippen LogP contribution < -0.4 is 10.1 Å². The number of ether oxygens (including phenoxy) is 2. The van der Waals surface area contributed by atoms with Crippen LogP contribution in [0.25, 0.3) is 0 Å². The van der Waals surface area contributed by atoms with E-state index in [0.717, 1.165) is 37.8 Å². The van der Waals surface area contributed by atoms with E-state index in [2.05, 4.69) is 37.4 Å². The number of methoxy groups -OCH3 is 1. The summed E-state index contributed by atoms with van der Waals surface area (Å²) in [5.41, 5.74) is 2.60. The summed E-state index contributed by atoms with van der Waals surface area (Å²) in [4.78, 5) is 0. The lowest BCUT2D eigenvalue weighted by Gasteiger charge is -2.28. The minimum Gasteiger partial charge on any atom is -0.496 e. The highest BCUT2D eigenvalue weighted by molar-refractivity contribution is 5.39. The van der Waals surface area contributed by atoms with Crippen LogP contribution in [0.15, 0.2) is 18.2 Å². The Labute approximate surface area is 129 Å². The van der Waals surface area contributed by atoms with Gasteiger partial charge in [0, 0.05) is 24.8 Å². The van der Waals surface area contributed by atoms with Crippen LogP contribution in [0.3, 0.4) is 0 Å². The van der Waals surface area contributed by atoms with Crippen LogP contribution in [0.2, 0.25) is 0 Å². The van der Waals surface area contributed by atoms with Crippen LogP contribution in [0.5, 0.6) is 5.75 Å². The average molecular weight is 291 g/mol. The van der Waals surface area contributed by atoms with Crippen molar-refractivity contribution in [3.63, 3.8) is 0 Å². The smallest absolute Gasteiger partial charge is 0.123 e. The summed E-state index contributed by atoms with van der Waals surface area (Å²) < 4.78 is 11.1. The van der Waals surface area contributed by atoms with Crippen molar-refractivity contribution in [3.05, 3.63) is 29.3 Å². The Morgan fingerprint density at radius 2 is 2.10 bits per heavy atom. The van der Waals surface area contributed by atoms with E-state index in [4.69, 9.17) is 9.47 Å². The summed E-state index contributed by atoms with van der Waals surface area (Å²) in [6.07, 6.45) is 4.68. The highest BCUT2D eigenvalue weighted by atomic mass is 16.5. The molecule has 1 atom stereocenters. The van der Waals surface area contributed by atoms with Gasteiger partial charge in [0.2, 0.25) is 0 Å². The zero-order valence-corrected chi connectivity index (χ0v) is 13.7. The SMILES string of the molecule is CCCNC(CC1CCOCC1)c1cc(C)ccc1OC. The second kappa shape index (κ2) is 8.40. The second-order valence-corrected chi connectivity index (χ2v) is 6.04. The number of nitrogens with one attached hydrogen (secondary N) is 1. The molecule has 21 heavy (non-hydrogen) atoms. The van der Waals surface area contributed by atoms with Crippen molar-refractivity contribution >= 4 is 0 Å². The van der Waals surface area contributed by atoms with Crippen molar-refractivity contribution in [2.45, 2.75) is 45.6 Å². The predicted molar refractivity (Wildman–Crippen MR) is 86.9 cm³/mol. The lowest BCUT2D eigenvalue weighted by molar-refractivity contribution is 0.0604. The minimum atomic E-state index is 0.378. The number of aryl methyl sites for hydroxylation is 1. The molecule has 3 nitrogen and oxygen atoms in total. The van der Waals surface area contributed by atoms with Crippen molar-refractivity contribution in [2.24, 2.45) is 5.92 Å². The molecule has 1 aliphatic heterocycles. The first-order valence-electron chi connectivity index (χ1n) is 8.20. The molecule has 1 unspecified atom stereocenters. The fourth-order valence-electron chi connectivity index (χ4n) is 3.08. The van der Waals surface area contributed by atoms with E-state index in [1.165, 1.54) is 30.4 Å². The molecule has 3 heteroatoms. The van der Waals surface area contributed by atoms with Gasteiger partial charge in [0.1, 0.15) is 5.75 Å². The van der Waals surface area contributed by atoms with Gasteiger partial charge in [0.15, 0.2) is 0 Å². The lowest BCUT2D eigenvalue weighted by atomic mass is 9.88. The maximum Gasteiger partial charge on any atom is 0.123 e. The first-order chi connectivity index (χ1) is 10.2. The van der Waals surface area contributed by atoms with Crippen molar-refractivity contribution in [3.8, 4) is 5.75 Å². The molecular formula is C18H29NO2. The highest BCUT2D eigenvalue weighted by Crippen LogP contribution is 2.33. The quantitative estimate of drug-likeness (QED) is 0.827. The largest absolute Gasteiger partial charge is 0.496 e. The Morgan fingerprint density at radius 3 is 2.76 bits per heavy atom. The minimum absolute atomic E-state index is 0.378. The normalized spacial score (nSPS) is 17.7. The fraction of sp³-hybridized carbons (Fsp3) is 0.667. The molecule has 0 aromatic heterocycles. The van der Waals surface area contributed by atoms with E-state index in [-0.39, 0.29) is 0 Å². The van der Waals surface area contributed by atoms with Crippen molar-refractivity contribution in [1.82, 2.24) is 5.32 Å². The van der Waals surface area contributed by atoms with Gasteiger partial charge in [-0.3, -0.25) is 0 Å². The molecule has 118 valence electrons. The van der Waals surface area contributed by atoms with Gasteiger partial charge in [-0.15, -0.1) is 0 Å². The van der Waals surface area contributed by atoms with Crippen LogP contribution in [0.4, 0.5) is 0 Å². The molecule has 0 bridgehead atoms. The Balaban J connectivity index is 2.15. The van der Waals surface area contributed by atoms with Crippen molar-refractivity contribution in [1.29, 1.82) is 0 Å². The van der Waals surface area contributed by atoms with Crippen molar-refractivity contribution < 1.29 is 9.47 Å². The number of benzene rings is 1. The topological polar surface area (TPSA) is 30.5 Å². The molecule has 1 heterocycles. The molecular weight excluding hydrogens is 262 g/mol. The average Bonchev–Trinajstić information content (AvgIpc) is 2.52. The molecule has 0 aliphatic carbocycles. The first kappa shape index (κ1) is 16.3. The molecule has 1 aromatic rings. The summed E-state index contributed by atoms with van der Waals surface area (Å²) in [5, 5.41) is 3.71. The zero-order valence-electron chi connectivity index (χ0n) is 13.7. The van der Waals surface area contributed by atoms with Crippen LogP contribution >= 0.6 is 0 Å². The predicted octanol–water partition coefficient (Wildman–Crippen LogP) is 3.86. The van der Waals surface area contributed by atoms with Crippen LogP contribution in [0.1, 0.15) is 49.8 Å². The maximum atomic E-state index is 5.59. The standard InChI is InChI=1S/C18H29NO2/c1-4-9-19-17(13-15-7-10-21-11-8-15)16-12-14(2)5-6-18(16)20-3/h5-6,12,15,17,19H,4,7-11,13H2,1-3H3. The summed E-state index contributed by atoms with van der Waals surface area (Å²) >= 11 is 0. The summed E-state index contributed by atoms with van der Waals surface area (Å²) in [7, 11) is 1.76. The molecule has 1 N–H and O–H groups in total. The third kappa shape index (κ3) is 4.72. The summed E-state index contributed by atoms with van der Waals surface area (Å²) in [6, 6.07) is 6.86. The van der Waals surface area contributed by atoms with E-state index in [0.29, 0.717) is 6.04 Å². The van der Waals surface area contributed by atoms with E-state index in [9.17, 15) is 0 Å². The number of rotatable bonds is 7. The van der Waals surface area contributed by atoms with Crippen LogP contribution in [-0.2, 0) is 4.74 Å². The van der Waals surface area contributed by atoms with Crippen molar-refractivity contribution in [2.75, 3.05) is 26.9 Å². The second-order valence-electron chi connectivity index (χ2n) is 6.04. The number of hydrogen-bond donors (Lipinski definition) is 1. The fourth-order valence-corrected chi connectivity index (χ4v) is 3.08. The number of hydrogen-bond acceptors (Lipinski definition) is 3. The van der Waals surface area contributed by atoms with Crippen LogP contribution in [0, 0.1) is 12.8 Å². The van der Waals surface area contributed by atoms with E-state index in [1.807, 2.05) is 0 Å². The summed E-state index contributed by atoms with van der Waals surface area (Å²) in [6.45, 7) is 7.23. The van der Waals surface area contributed by atoms with Gasteiger partial charge in [-0.2, -0.15) is 0 Å². The molecule has 2 rings (SSSR count). The molecule has 1 fully saturated rings. The van der Waals surface area contributed by atoms with Gasteiger partial charge >= 0.3 is 0 Å². The first-order valence-corrected chi connectivity index (χ1v) is 8.20. The Hall–Kier alpha value is -1.06. The molecule has 0 radical (unpaired) electrons. The molecule has 1 saturated heterocycles. The third-order valence-electron chi connectivity index (χ3n) is 4.31. The van der Waals surface area contributed by atoms with Gasteiger partial charge < -0.3 is 14.8 Å². The molecule has 1 aliphatic rings. The zero-order chi connectivity index (χ0) is 15.1. The summed E-state index contributed by atoms with van der Waals surface area (Å²) in [5.74, 6) is 1.75. The molecule has 0 spiro atoms. The lowest BCUT2D eigenvalue weighted by Crippen LogP contribution is -2.27. The van der Waals surface area contributed by atoms with Gasteiger partial charge in [0.05, 0.1) is 7.11 Å². The van der Waals surface area contributed by atoms with E-state index < -0.39 is 0 Å². The molecule has 1 aromatic carbocycles. The monoisotopic (exact) mass is 291 g/mol. The van der Waals surface area contributed by atoms with Crippen LogP contribution in [-0.4, -0.2) is 26.9 Å². The Morgan fingerprint density at radius 1 is 1.33 bits per heavy atom. The highest BCUT2D eigenvalue weighted by Gasteiger charge is 2.22. The van der Waals surface area contributed by atoms with Gasteiger partial charge in [-0.1, -0.05) is 24.6 Å². The van der Waals surface area contributed by atoms with Gasteiger partial charge in [0.25, 0.3) is 0 Å². The van der Waals surface area contributed by atoms with E-state index in [1.54, 1.807) is 7.11 Å². The Kier molecular flexibility index (Phi) is 6.52. The third-order valence-corrected chi connectivity index (χ3v) is 4.31. The van der Waals surface area contributed by atoms with E-state index >= 15 is 0 Å². The molecule has 0 amide bonds. The molecule has 0 saturated carbocycles. The van der Waals surface area contributed by atoms with Gasteiger partial charge in [-0.05, 0) is 51.1 Å². The maximum absolute atomic E-state index is 5.59. The van der Waals surface area contributed by atoms with Gasteiger partial charge in [-0.25, -0.2) is 0 Å².